The van der Waals surface area contributed by atoms with Gasteiger partial charge in [0.1, 0.15) is 0 Å². The molecule has 1 N–H and O–H groups in total. The highest BCUT2D eigenvalue weighted by molar-refractivity contribution is 5.67. The predicted molar refractivity (Wildman–Crippen MR) is 85.8 cm³/mol. The molecule has 1 aliphatic heterocycles. The monoisotopic (exact) mass is 343 g/mol. The van der Waals surface area contributed by atoms with Gasteiger partial charge in [-0.25, -0.2) is 0 Å². The van der Waals surface area contributed by atoms with Crippen LogP contribution in [0.15, 0.2) is 24.3 Å². The van der Waals surface area contributed by atoms with Gasteiger partial charge < -0.3 is 5.11 Å². The van der Waals surface area contributed by atoms with Gasteiger partial charge in [-0.05, 0) is 50.8 Å². The number of aliphatic carboxylic acids is 1. The number of likely N-dealkylation sites (tertiary alicyclic amines) is 1. The van der Waals surface area contributed by atoms with E-state index in [1.807, 2.05) is 31.2 Å². The standard InChI is InChI=1S/C18H24F3NO2/c1-13-3-5-15(6-4-13)16-11-14(12-17(23)24)7-10-22(16)9-2-8-18(19,20)21/h3-6,14,16H,2,7-12H2,1H3,(H,23,24). The second-order valence-corrected chi connectivity index (χ2v) is 6.67. The van der Waals surface area contributed by atoms with Crippen LogP contribution >= 0.6 is 0 Å². The number of carbonyl (C=O) groups is 1. The van der Waals surface area contributed by atoms with Crippen LogP contribution in [0.25, 0.3) is 0 Å². The van der Waals surface area contributed by atoms with Crippen molar-refractivity contribution >= 4 is 5.97 Å². The summed E-state index contributed by atoms with van der Waals surface area (Å²) in [5.41, 5.74) is 2.18. The summed E-state index contributed by atoms with van der Waals surface area (Å²) in [4.78, 5) is 13.1. The Labute approximate surface area is 140 Å². The van der Waals surface area contributed by atoms with E-state index >= 15 is 0 Å². The number of alkyl halides is 3. The number of hydrogen-bond donors (Lipinski definition) is 1. The van der Waals surface area contributed by atoms with Crippen molar-refractivity contribution in [2.45, 2.75) is 51.2 Å². The average molecular weight is 343 g/mol. The third-order valence-corrected chi connectivity index (χ3v) is 4.65. The number of piperidine rings is 1. The minimum atomic E-state index is -4.12. The zero-order valence-corrected chi connectivity index (χ0v) is 13.9. The van der Waals surface area contributed by atoms with Crippen LogP contribution in [-0.2, 0) is 4.79 Å². The fraction of sp³-hybridized carbons (Fsp3) is 0.611. The molecule has 0 saturated carbocycles. The second-order valence-electron chi connectivity index (χ2n) is 6.67. The molecular weight excluding hydrogens is 319 g/mol. The molecule has 2 atom stereocenters. The van der Waals surface area contributed by atoms with Crippen LogP contribution in [0.3, 0.4) is 0 Å². The lowest BCUT2D eigenvalue weighted by Crippen LogP contribution is -2.38. The van der Waals surface area contributed by atoms with Crippen molar-refractivity contribution in [2.24, 2.45) is 5.92 Å². The van der Waals surface area contributed by atoms with E-state index in [4.69, 9.17) is 5.11 Å². The maximum atomic E-state index is 12.4. The zero-order valence-electron chi connectivity index (χ0n) is 13.9. The molecule has 0 spiro atoms. The summed E-state index contributed by atoms with van der Waals surface area (Å²) in [7, 11) is 0. The van der Waals surface area contributed by atoms with Gasteiger partial charge in [0.15, 0.2) is 0 Å². The van der Waals surface area contributed by atoms with E-state index in [0.29, 0.717) is 19.5 Å². The Balaban J connectivity index is 2.06. The van der Waals surface area contributed by atoms with Crippen LogP contribution in [-0.4, -0.2) is 35.2 Å². The quantitative estimate of drug-likeness (QED) is 0.823. The van der Waals surface area contributed by atoms with Gasteiger partial charge in [0.05, 0.1) is 0 Å². The summed E-state index contributed by atoms with van der Waals surface area (Å²) < 4.78 is 37.2. The molecule has 0 bridgehead atoms. The van der Waals surface area contributed by atoms with E-state index in [1.54, 1.807) is 0 Å². The van der Waals surface area contributed by atoms with Crippen molar-refractivity contribution in [3.8, 4) is 0 Å². The van der Waals surface area contributed by atoms with E-state index in [1.165, 1.54) is 0 Å². The maximum Gasteiger partial charge on any atom is 0.389 e. The number of hydrogen-bond acceptors (Lipinski definition) is 2. The molecule has 0 aromatic heterocycles. The number of aryl methyl sites for hydroxylation is 1. The topological polar surface area (TPSA) is 40.5 Å². The molecule has 1 aromatic carbocycles. The second kappa shape index (κ2) is 8.01. The Morgan fingerprint density at radius 3 is 2.54 bits per heavy atom. The first-order chi connectivity index (χ1) is 11.2. The molecule has 6 heteroatoms. The Morgan fingerprint density at radius 2 is 1.96 bits per heavy atom. The van der Waals surface area contributed by atoms with Crippen molar-refractivity contribution in [2.75, 3.05) is 13.1 Å². The Hall–Kier alpha value is -1.56. The smallest absolute Gasteiger partial charge is 0.389 e. The van der Waals surface area contributed by atoms with Crippen molar-refractivity contribution < 1.29 is 23.1 Å². The van der Waals surface area contributed by atoms with Crippen molar-refractivity contribution in [1.29, 1.82) is 0 Å². The molecule has 134 valence electrons. The van der Waals surface area contributed by atoms with Crippen LogP contribution in [0.1, 0.15) is 49.3 Å². The first-order valence-corrected chi connectivity index (χ1v) is 8.34. The Morgan fingerprint density at radius 1 is 1.29 bits per heavy atom. The molecule has 3 nitrogen and oxygen atoms in total. The highest BCUT2D eigenvalue weighted by Gasteiger charge is 2.32. The maximum absolute atomic E-state index is 12.4. The van der Waals surface area contributed by atoms with Crippen molar-refractivity contribution in [3.05, 3.63) is 35.4 Å². The van der Waals surface area contributed by atoms with Crippen LogP contribution in [0, 0.1) is 12.8 Å². The number of carboxylic acids is 1. The van der Waals surface area contributed by atoms with Gasteiger partial charge in [0.25, 0.3) is 0 Å². The summed E-state index contributed by atoms with van der Waals surface area (Å²) in [6.07, 6.45) is -3.29. The lowest BCUT2D eigenvalue weighted by molar-refractivity contribution is -0.140. The first kappa shape index (κ1) is 18.8. The largest absolute Gasteiger partial charge is 0.481 e. The summed E-state index contributed by atoms with van der Waals surface area (Å²) in [6, 6.07) is 7.98. The molecular formula is C18H24F3NO2. The Kier molecular flexibility index (Phi) is 6.27. The van der Waals surface area contributed by atoms with Gasteiger partial charge in [0.2, 0.25) is 0 Å². The number of nitrogens with zero attached hydrogens (tertiary/aromatic N) is 1. The van der Waals surface area contributed by atoms with Crippen molar-refractivity contribution in [1.82, 2.24) is 4.90 Å². The molecule has 1 heterocycles. The minimum absolute atomic E-state index is 0.00284. The highest BCUT2D eigenvalue weighted by Crippen LogP contribution is 2.36. The van der Waals surface area contributed by atoms with Gasteiger partial charge in [-0.1, -0.05) is 29.8 Å². The average Bonchev–Trinajstić information content (AvgIpc) is 2.47. The van der Waals surface area contributed by atoms with E-state index in [-0.39, 0.29) is 24.8 Å². The van der Waals surface area contributed by atoms with Crippen LogP contribution in [0.5, 0.6) is 0 Å². The summed E-state index contributed by atoms with van der Waals surface area (Å²) in [5, 5.41) is 9.02. The lowest BCUT2D eigenvalue weighted by Gasteiger charge is -2.39. The Bertz CT molecular complexity index is 542. The molecule has 0 radical (unpaired) electrons. The number of halogens is 3. The molecule has 0 aliphatic carbocycles. The van der Waals surface area contributed by atoms with Gasteiger partial charge in [0, 0.05) is 18.9 Å². The third-order valence-electron chi connectivity index (χ3n) is 4.65. The predicted octanol–water partition coefficient (Wildman–Crippen LogP) is 4.57. The lowest BCUT2D eigenvalue weighted by atomic mass is 9.85. The van der Waals surface area contributed by atoms with Crippen LogP contribution in [0.4, 0.5) is 13.2 Å². The van der Waals surface area contributed by atoms with Gasteiger partial charge in [-0.3, -0.25) is 9.69 Å². The van der Waals surface area contributed by atoms with Gasteiger partial charge >= 0.3 is 12.1 Å². The molecule has 2 unspecified atom stereocenters. The number of rotatable bonds is 6. The fourth-order valence-electron chi connectivity index (χ4n) is 3.40. The first-order valence-electron chi connectivity index (χ1n) is 8.34. The van der Waals surface area contributed by atoms with E-state index in [0.717, 1.165) is 17.5 Å². The normalized spacial score (nSPS) is 22.5. The molecule has 1 saturated heterocycles. The van der Waals surface area contributed by atoms with E-state index in [9.17, 15) is 18.0 Å². The highest BCUT2D eigenvalue weighted by atomic mass is 19.4. The molecule has 2 rings (SSSR count). The van der Waals surface area contributed by atoms with Crippen LogP contribution in [0.2, 0.25) is 0 Å². The van der Waals surface area contributed by atoms with E-state index in [2.05, 4.69) is 4.90 Å². The molecule has 1 fully saturated rings. The number of carboxylic acid groups (broad SMARTS) is 1. The molecule has 24 heavy (non-hydrogen) atoms. The third kappa shape index (κ3) is 5.82. The fourth-order valence-corrected chi connectivity index (χ4v) is 3.40. The molecule has 1 aliphatic rings. The van der Waals surface area contributed by atoms with E-state index < -0.39 is 18.6 Å². The van der Waals surface area contributed by atoms with Crippen LogP contribution < -0.4 is 0 Å². The summed E-state index contributed by atoms with van der Waals surface area (Å²) >= 11 is 0. The number of benzene rings is 1. The SMILES string of the molecule is Cc1ccc(C2CC(CC(=O)O)CCN2CCCC(F)(F)F)cc1. The summed E-state index contributed by atoms with van der Waals surface area (Å²) in [5.74, 6) is -0.735. The zero-order chi connectivity index (χ0) is 17.7. The molecule has 0 amide bonds. The molecule has 1 aromatic rings. The van der Waals surface area contributed by atoms with Gasteiger partial charge in [-0.2, -0.15) is 13.2 Å². The van der Waals surface area contributed by atoms with Gasteiger partial charge in [-0.15, -0.1) is 0 Å². The van der Waals surface area contributed by atoms with Crippen molar-refractivity contribution in [3.63, 3.8) is 0 Å². The minimum Gasteiger partial charge on any atom is -0.481 e. The summed E-state index contributed by atoms with van der Waals surface area (Å²) in [6.45, 7) is 3.02.